The number of aromatic nitrogens is 1. The average molecular weight is 250 g/mol. The number of nitrogens with zero attached hydrogens (tertiary/aromatic N) is 2. The molecule has 0 aliphatic rings. The van der Waals surface area contributed by atoms with Crippen molar-refractivity contribution < 1.29 is 0 Å². The normalized spacial score (nSPS) is 10.8. The van der Waals surface area contributed by atoms with Crippen LogP contribution in [-0.4, -0.2) is 26.1 Å². The Hall–Kier alpha value is -1.32. The van der Waals surface area contributed by atoms with Crippen molar-refractivity contribution in [3.8, 4) is 0 Å². The van der Waals surface area contributed by atoms with Crippen LogP contribution in [0.15, 0.2) is 24.3 Å². The van der Waals surface area contributed by atoms with Crippen molar-refractivity contribution in [2.75, 3.05) is 26.0 Å². The molecule has 0 bridgehead atoms. The van der Waals surface area contributed by atoms with Gasteiger partial charge in [0.2, 0.25) is 0 Å². The number of fused-ring (bicyclic) bond motifs is 1. The molecular formula is C13H16ClN3. The fraction of sp³-hybridized carbons (Fsp3) is 0.308. The lowest BCUT2D eigenvalue weighted by molar-refractivity contribution is 0.795. The Morgan fingerprint density at radius 3 is 2.71 bits per heavy atom. The highest BCUT2D eigenvalue weighted by Crippen LogP contribution is 2.27. The Bertz CT molecular complexity index is 537. The first-order valence-corrected chi connectivity index (χ1v) is 5.90. The minimum Gasteiger partial charge on any atom is -0.377 e. The van der Waals surface area contributed by atoms with Crippen LogP contribution in [0.5, 0.6) is 0 Å². The van der Waals surface area contributed by atoms with Gasteiger partial charge in [0.25, 0.3) is 0 Å². The maximum atomic E-state index is 6.04. The number of hydrogen-bond donors (Lipinski definition) is 1. The first-order valence-electron chi connectivity index (χ1n) is 5.53. The van der Waals surface area contributed by atoms with Crippen molar-refractivity contribution >= 4 is 28.2 Å². The monoisotopic (exact) mass is 249 g/mol. The van der Waals surface area contributed by atoms with Crippen molar-refractivity contribution in [1.82, 2.24) is 10.3 Å². The van der Waals surface area contributed by atoms with Gasteiger partial charge in [-0.1, -0.05) is 11.6 Å². The van der Waals surface area contributed by atoms with Gasteiger partial charge in [-0.15, -0.1) is 0 Å². The molecule has 0 unspecified atom stereocenters. The summed E-state index contributed by atoms with van der Waals surface area (Å²) in [7, 11) is 5.97. The zero-order chi connectivity index (χ0) is 12.4. The minimum atomic E-state index is 0.740. The van der Waals surface area contributed by atoms with Gasteiger partial charge < -0.3 is 10.2 Å². The van der Waals surface area contributed by atoms with Crippen LogP contribution in [0.3, 0.4) is 0 Å². The van der Waals surface area contributed by atoms with E-state index in [-0.39, 0.29) is 0 Å². The number of nitrogens with one attached hydrogen (secondary N) is 1. The van der Waals surface area contributed by atoms with Crippen molar-refractivity contribution in [3.63, 3.8) is 0 Å². The van der Waals surface area contributed by atoms with Crippen LogP contribution in [0.25, 0.3) is 10.9 Å². The van der Waals surface area contributed by atoms with Gasteiger partial charge in [-0.3, -0.25) is 4.98 Å². The second-order valence-electron chi connectivity index (χ2n) is 4.22. The minimum absolute atomic E-state index is 0.740. The summed E-state index contributed by atoms with van der Waals surface area (Å²) in [4.78, 5) is 6.68. The summed E-state index contributed by atoms with van der Waals surface area (Å²) in [5, 5.41) is 4.94. The summed E-state index contributed by atoms with van der Waals surface area (Å²) in [6.45, 7) is 0.763. The Labute approximate surface area is 106 Å². The second kappa shape index (κ2) is 4.90. The number of benzene rings is 1. The number of anilines is 1. The molecule has 17 heavy (non-hydrogen) atoms. The van der Waals surface area contributed by atoms with E-state index in [1.807, 2.05) is 39.3 Å². The lowest BCUT2D eigenvalue weighted by Gasteiger charge is -2.17. The number of halogens is 1. The number of rotatable bonds is 3. The molecule has 0 saturated heterocycles. The van der Waals surface area contributed by atoms with E-state index in [1.54, 1.807) is 0 Å². The molecule has 0 radical (unpaired) electrons. The molecule has 0 amide bonds. The summed E-state index contributed by atoms with van der Waals surface area (Å²) < 4.78 is 0. The molecular weight excluding hydrogens is 234 g/mol. The van der Waals surface area contributed by atoms with Gasteiger partial charge in [0.05, 0.1) is 11.2 Å². The molecule has 3 nitrogen and oxygen atoms in total. The van der Waals surface area contributed by atoms with Crippen LogP contribution < -0.4 is 10.2 Å². The average Bonchev–Trinajstić information content (AvgIpc) is 2.28. The van der Waals surface area contributed by atoms with Crippen LogP contribution in [0.4, 0.5) is 5.69 Å². The zero-order valence-electron chi connectivity index (χ0n) is 10.3. The predicted molar refractivity (Wildman–Crippen MR) is 73.8 cm³/mol. The van der Waals surface area contributed by atoms with E-state index >= 15 is 0 Å². The highest BCUT2D eigenvalue weighted by molar-refractivity contribution is 6.31. The number of pyridine rings is 1. The van der Waals surface area contributed by atoms with E-state index in [4.69, 9.17) is 11.6 Å². The van der Waals surface area contributed by atoms with E-state index in [1.165, 1.54) is 0 Å². The molecule has 90 valence electrons. The van der Waals surface area contributed by atoms with Crippen LogP contribution in [-0.2, 0) is 6.54 Å². The molecule has 2 aromatic rings. The third kappa shape index (κ3) is 2.51. The van der Waals surface area contributed by atoms with E-state index in [0.717, 1.165) is 33.9 Å². The SMILES string of the molecule is CNCc1cc(N(C)C)c2cc(Cl)ccc2n1. The molecule has 0 aliphatic heterocycles. The fourth-order valence-corrected chi connectivity index (χ4v) is 2.05. The lowest BCUT2D eigenvalue weighted by atomic mass is 10.1. The fourth-order valence-electron chi connectivity index (χ4n) is 1.88. The number of hydrogen-bond acceptors (Lipinski definition) is 3. The van der Waals surface area contributed by atoms with Gasteiger partial charge >= 0.3 is 0 Å². The highest BCUT2D eigenvalue weighted by Gasteiger charge is 2.07. The van der Waals surface area contributed by atoms with Crippen molar-refractivity contribution in [3.05, 3.63) is 35.0 Å². The Kier molecular flexibility index (Phi) is 3.50. The Morgan fingerprint density at radius 2 is 2.06 bits per heavy atom. The summed E-state index contributed by atoms with van der Waals surface area (Å²) in [6.07, 6.45) is 0. The molecule has 1 N–H and O–H groups in total. The molecule has 1 heterocycles. The third-order valence-electron chi connectivity index (χ3n) is 2.64. The summed E-state index contributed by atoms with van der Waals surface area (Å²) in [5.41, 5.74) is 3.15. The first-order chi connectivity index (χ1) is 8.11. The van der Waals surface area contributed by atoms with Gasteiger partial charge in [-0.2, -0.15) is 0 Å². The second-order valence-corrected chi connectivity index (χ2v) is 4.66. The van der Waals surface area contributed by atoms with Gasteiger partial charge in [0.15, 0.2) is 0 Å². The summed E-state index contributed by atoms with van der Waals surface area (Å²) in [6, 6.07) is 7.89. The molecule has 0 aliphatic carbocycles. The molecule has 0 saturated carbocycles. The summed E-state index contributed by atoms with van der Waals surface area (Å²) in [5.74, 6) is 0. The maximum absolute atomic E-state index is 6.04. The van der Waals surface area contributed by atoms with Crippen LogP contribution in [0.1, 0.15) is 5.69 Å². The van der Waals surface area contributed by atoms with Gasteiger partial charge in [-0.05, 0) is 31.3 Å². The van der Waals surface area contributed by atoms with E-state index in [2.05, 4.69) is 21.3 Å². The van der Waals surface area contributed by atoms with Crippen molar-refractivity contribution in [1.29, 1.82) is 0 Å². The van der Waals surface area contributed by atoms with E-state index in [0.29, 0.717) is 0 Å². The molecule has 4 heteroatoms. The molecule has 0 spiro atoms. The quantitative estimate of drug-likeness (QED) is 0.907. The smallest absolute Gasteiger partial charge is 0.0727 e. The van der Waals surface area contributed by atoms with Gasteiger partial charge in [0.1, 0.15) is 0 Å². The van der Waals surface area contributed by atoms with E-state index < -0.39 is 0 Å². The van der Waals surface area contributed by atoms with Gasteiger partial charge in [0, 0.05) is 36.7 Å². The molecule has 2 rings (SSSR count). The Morgan fingerprint density at radius 1 is 1.29 bits per heavy atom. The van der Waals surface area contributed by atoms with Crippen LogP contribution in [0.2, 0.25) is 5.02 Å². The van der Waals surface area contributed by atoms with E-state index in [9.17, 15) is 0 Å². The molecule has 0 fully saturated rings. The topological polar surface area (TPSA) is 28.2 Å². The van der Waals surface area contributed by atoms with Crippen molar-refractivity contribution in [2.45, 2.75) is 6.54 Å². The van der Waals surface area contributed by atoms with Crippen molar-refractivity contribution in [2.24, 2.45) is 0 Å². The first kappa shape index (κ1) is 12.1. The lowest BCUT2D eigenvalue weighted by Crippen LogP contribution is -2.12. The van der Waals surface area contributed by atoms with Gasteiger partial charge in [-0.25, -0.2) is 0 Å². The van der Waals surface area contributed by atoms with Crippen LogP contribution >= 0.6 is 11.6 Å². The summed E-state index contributed by atoms with van der Waals surface area (Å²) >= 11 is 6.04. The predicted octanol–water partition coefficient (Wildman–Crippen LogP) is 2.67. The molecule has 0 atom stereocenters. The molecule has 1 aromatic heterocycles. The van der Waals surface area contributed by atoms with Crippen LogP contribution in [0, 0.1) is 0 Å². The largest absolute Gasteiger partial charge is 0.377 e. The highest BCUT2D eigenvalue weighted by atomic mass is 35.5. The Balaban J connectivity index is 2.67. The maximum Gasteiger partial charge on any atom is 0.0727 e. The standard InChI is InChI=1S/C13H16ClN3/c1-15-8-10-7-13(17(2)3)11-6-9(14)4-5-12(11)16-10/h4-7,15H,8H2,1-3H3. The zero-order valence-corrected chi connectivity index (χ0v) is 11.0. The third-order valence-corrected chi connectivity index (χ3v) is 2.88. The molecule has 1 aromatic carbocycles.